The van der Waals surface area contributed by atoms with Gasteiger partial charge in [-0.2, -0.15) is 0 Å². The summed E-state index contributed by atoms with van der Waals surface area (Å²) >= 11 is 0. The number of rotatable bonds is 7. The van der Waals surface area contributed by atoms with Crippen LogP contribution in [0.15, 0.2) is 36.7 Å². The zero-order valence-corrected chi connectivity index (χ0v) is 13.1. The summed E-state index contributed by atoms with van der Waals surface area (Å²) in [5.74, 6) is 0.453. The molecule has 2 aromatic rings. The molecule has 0 saturated carbocycles. The highest BCUT2D eigenvalue weighted by Crippen LogP contribution is 2.18. The van der Waals surface area contributed by atoms with Crippen LogP contribution in [0.5, 0.6) is 0 Å². The summed E-state index contributed by atoms with van der Waals surface area (Å²) < 4.78 is 0. The van der Waals surface area contributed by atoms with E-state index in [9.17, 15) is 4.79 Å². The molecule has 0 spiro atoms. The Morgan fingerprint density at radius 3 is 2.77 bits per heavy atom. The van der Waals surface area contributed by atoms with Crippen LogP contribution >= 0.6 is 0 Å². The number of aryl methyl sites for hydroxylation is 1. The number of unbranched alkanes of at least 4 members (excludes halogenated alkanes) is 2. The molecule has 1 aromatic carbocycles. The monoisotopic (exact) mass is 298 g/mol. The largest absolute Gasteiger partial charge is 0.351 e. The lowest BCUT2D eigenvalue weighted by Gasteiger charge is -2.09. The summed E-state index contributed by atoms with van der Waals surface area (Å²) in [7, 11) is 0. The molecule has 2 rings (SSSR count). The van der Waals surface area contributed by atoms with Crippen molar-refractivity contribution in [3.8, 4) is 0 Å². The zero-order chi connectivity index (χ0) is 15.8. The number of anilines is 2. The van der Waals surface area contributed by atoms with E-state index in [1.807, 2.05) is 31.2 Å². The van der Waals surface area contributed by atoms with Gasteiger partial charge in [-0.3, -0.25) is 4.79 Å². The Balaban J connectivity index is 2.00. The lowest BCUT2D eigenvalue weighted by molar-refractivity contribution is 0.0948. The number of benzene rings is 1. The summed E-state index contributed by atoms with van der Waals surface area (Å²) in [6, 6.07) is 9.60. The van der Waals surface area contributed by atoms with Crippen molar-refractivity contribution in [3.63, 3.8) is 0 Å². The van der Waals surface area contributed by atoms with Crippen molar-refractivity contribution in [1.82, 2.24) is 15.3 Å². The fraction of sp³-hybridized carbons (Fsp3) is 0.353. The molecule has 0 unspecified atom stereocenters. The number of carbonyl (C=O) groups excluding carboxylic acids is 1. The molecule has 5 nitrogen and oxygen atoms in total. The van der Waals surface area contributed by atoms with Gasteiger partial charge in [0.2, 0.25) is 0 Å². The van der Waals surface area contributed by atoms with Crippen LogP contribution < -0.4 is 10.6 Å². The van der Waals surface area contributed by atoms with E-state index in [0.717, 1.165) is 30.5 Å². The zero-order valence-electron chi connectivity index (χ0n) is 13.1. The molecule has 0 aliphatic heterocycles. The van der Waals surface area contributed by atoms with Gasteiger partial charge in [-0.15, -0.1) is 0 Å². The fourth-order valence-corrected chi connectivity index (χ4v) is 2.07. The number of hydrogen-bond donors (Lipinski definition) is 2. The molecule has 116 valence electrons. The standard InChI is InChI=1S/C17H22N4O/c1-3-4-7-10-18-17(22)15-11-16(20-12-19-15)21-14-9-6-5-8-13(14)2/h5-6,8-9,11-12H,3-4,7,10H2,1-2H3,(H,18,22)(H,19,20,21). The van der Waals surface area contributed by atoms with E-state index in [0.29, 0.717) is 18.1 Å². The van der Waals surface area contributed by atoms with Crippen molar-refractivity contribution in [2.45, 2.75) is 33.1 Å². The Hall–Kier alpha value is -2.43. The predicted octanol–water partition coefficient (Wildman–Crippen LogP) is 3.45. The molecule has 0 aliphatic rings. The molecule has 0 aliphatic carbocycles. The molecule has 2 N–H and O–H groups in total. The first kappa shape index (κ1) is 15.9. The first-order chi connectivity index (χ1) is 10.7. The van der Waals surface area contributed by atoms with Crippen molar-refractivity contribution >= 4 is 17.4 Å². The Kier molecular flexibility index (Phi) is 5.89. The Labute approximate surface area is 131 Å². The number of hydrogen-bond acceptors (Lipinski definition) is 4. The molecule has 5 heteroatoms. The van der Waals surface area contributed by atoms with Crippen LogP contribution in [0.4, 0.5) is 11.5 Å². The van der Waals surface area contributed by atoms with Crippen molar-refractivity contribution in [2.75, 3.05) is 11.9 Å². The molecule has 0 bridgehead atoms. The van der Waals surface area contributed by atoms with E-state index in [-0.39, 0.29) is 5.91 Å². The van der Waals surface area contributed by atoms with Crippen molar-refractivity contribution in [3.05, 3.63) is 47.9 Å². The summed E-state index contributed by atoms with van der Waals surface area (Å²) in [5, 5.41) is 6.09. The second kappa shape index (κ2) is 8.12. The lowest BCUT2D eigenvalue weighted by atomic mass is 10.2. The van der Waals surface area contributed by atoms with E-state index in [1.54, 1.807) is 6.07 Å². The van der Waals surface area contributed by atoms with Crippen LogP contribution in [0, 0.1) is 6.92 Å². The van der Waals surface area contributed by atoms with Gasteiger partial charge in [0.05, 0.1) is 0 Å². The molecule has 0 atom stereocenters. The summed E-state index contributed by atoms with van der Waals surface area (Å²) in [4.78, 5) is 20.3. The minimum Gasteiger partial charge on any atom is -0.351 e. The summed E-state index contributed by atoms with van der Waals surface area (Å²) in [5.41, 5.74) is 2.46. The number of nitrogens with one attached hydrogen (secondary N) is 2. The molecule has 22 heavy (non-hydrogen) atoms. The van der Waals surface area contributed by atoms with Gasteiger partial charge in [-0.05, 0) is 25.0 Å². The molecule has 0 radical (unpaired) electrons. The quantitative estimate of drug-likeness (QED) is 0.768. The van der Waals surface area contributed by atoms with Gasteiger partial charge >= 0.3 is 0 Å². The number of nitrogens with zero attached hydrogens (tertiary/aromatic N) is 2. The van der Waals surface area contributed by atoms with Crippen LogP contribution in [-0.4, -0.2) is 22.4 Å². The van der Waals surface area contributed by atoms with Crippen molar-refractivity contribution < 1.29 is 4.79 Å². The number of aromatic nitrogens is 2. The van der Waals surface area contributed by atoms with Gasteiger partial charge < -0.3 is 10.6 Å². The highest BCUT2D eigenvalue weighted by molar-refractivity contribution is 5.92. The molecular formula is C17H22N4O. The van der Waals surface area contributed by atoms with Gasteiger partial charge in [0.15, 0.2) is 0 Å². The van der Waals surface area contributed by atoms with Crippen LogP contribution in [0.25, 0.3) is 0 Å². The third-order valence-electron chi connectivity index (χ3n) is 3.37. The smallest absolute Gasteiger partial charge is 0.270 e. The topological polar surface area (TPSA) is 66.9 Å². The van der Waals surface area contributed by atoms with Crippen LogP contribution in [0.3, 0.4) is 0 Å². The summed E-state index contributed by atoms with van der Waals surface area (Å²) in [6.45, 7) is 4.83. The maximum Gasteiger partial charge on any atom is 0.270 e. The van der Waals surface area contributed by atoms with Crippen molar-refractivity contribution in [2.24, 2.45) is 0 Å². The molecular weight excluding hydrogens is 276 g/mol. The number of amides is 1. The third kappa shape index (κ3) is 4.55. The molecule has 1 amide bonds. The number of carbonyl (C=O) groups is 1. The van der Waals surface area contributed by atoms with Gasteiger partial charge in [-0.1, -0.05) is 38.0 Å². The Morgan fingerprint density at radius 1 is 1.18 bits per heavy atom. The maximum atomic E-state index is 12.1. The average Bonchev–Trinajstić information content (AvgIpc) is 2.54. The fourth-order valence-electron chi connectivity index (χ4n) is 2.07. The van der Waals surface area contributed by atoms with Gasteiger partial charge in [0, 0.05) is 18.3 Å². The molecule has 1 aromatic heterocycles. The third-order valence-corrected chi connectivity index (χ3v) is 3.37. The average molecular weight is 298 g/mol. The number of para-hydroxylation sites is 1. The maximum absolute atomic E-state index is 12.1. The SMILES string of the molecule is CCCCCNC(=O)c1cc(Nc2ccccc2C)ncn1. The second-order valence-electron chi connectivity index (χ2n) is 5.19. The van der Waals surface area contributed by atoms with Crippen molar-refractivity contribution in [1.29, 1.82) is 0 Å². The van der Waals surface area contributed by atoms with E-state index in [4.69, 9.17) is 0 Å². The molecule has 0 fully saturated rings. The second-order valence-corrected chi connectivity index (χ2v) is 5.19. The first-order valence-corrected chi connectivity index (χ1v) is 7.63. The van der Waals surface area contributed by atoms with Gasteiger partial charge in [0.25, 0.3) is 5.91 Å². The van der Waals surface area contributed by atoms with E-state index in [1.165, 1.54) is 6.33 Å². The minimum atomic E-state index is -0.161. The minimum absolute atomic E-state index is 0.161. The van der Waals surface area contributed by atoms with Crippen LogP contribution in [0.1, 0.15) is 42.2 Å². The van der Waals surface area contributed by atoms with E-state index >= 15 is 0 Å². The Bertz CT molecular complexity index is 628. The van der Waals surface area contributed by atoms with E-state index < -0.39 is 0 Å². The lowest BCUT2D eigenvalue weighted by Crippen LogP contribution is -2.25. The highest BCUT2D eigenvalue weighted by atomic mass is 16.1. The van der Waals surface area contributed by atoms with Crippen LogP contribution in [0.2, 0.25) is 0 Å². The Morgan fingerprint density at radius 2 is 2.00 bits per heavy atom. The van der Waals surface area contributed by atoms with Gasteiger partial charge in [-0.25, -0.2) is 9.97 Å². The van der Waals surface area contributed by atoms with Gasteiger partial charge in [0.1, 0.15) is 17.8 Å². The predicted molar refractivity (Wildman–Crippen MR) is 88.4 cm³/mol. The normalized spacial score (nSPS) is 10.3. The highest BCUT2D eigenvalue weighted by Gasteiger charge is 2.08. The van der Waals surface area contributed by atoms with Crippen LogP contribution in [-0.2, 0) is 0 Å². The van der Waals surface area contributed by atoms with E-state index in [2.05, 4.69) is 27.5 Å². The summed E-state index contributed by atoms with van der Waals surface area (Å²) in [6.07, 6.45) is 4.64. The first-order valence-electron chi connectivity index (χ1n) is 7.63. The molecule has 1 heterocycles. The molecule has 0 saturated heterocycles.